The standard InChI is InChI=1S/C29H21Cl2F3N4O4S/c1-42-23-12-25(36-13-19(23)29(32,33)34)37-27(40)18-6-5-15(8-20(18)30)14-38-21(11-17-4-2-3-7-35-17)22(39)9-16-10-24(31)43-26(16)28(38)41/h2-8,10,12-13,21H,9,11,14H2,1H3,(H,36,37,40). The van der Waals surface area contributed by atoms with Crippen LogP contribution in [0, 0.1) is 0 Å². The molecule has 222 valence electrons. The average Bonchev–Trinajstić information content (AvgIpc) is 3.30. The molecule has 0 saturated heterocycles. The van der Waals surface area contributed by atoms with E-state index in [1.54, 1.807) is 36.5 Å². The van der Waals surface area contributed by atoms with Gasteiger partial charge in [0.2, 0.25) is 0 Å². The molecule has 1 aromatic carbocycles. The largest absolute Gasteiger partial charge is 0.496 e. The Labute approximate surface area is 257 Å². The first-order valence-corrected chi connectivity index (χ1v) is 14.2. The number of pyridine rings is 2. The van der Waals surface area contributed by atoms with E-state index in [9.17, 15) is 27.6 Å². The third-order valence-corrected chi connectivity index (χ3v) is 8.35. The number of rotatable bonds is 7. The lowest BCUT2D eigenvalue weighted by Gasteiger charge is -2.29. The highest BCUT2D eigenvalue weighted by Crippen LogP contribution is 2.37. The van der Waals surface area contributed by atoms with Gasteiger partial charge in [0.1, 0.15) is 17.1 Å². The fourth-order valence-electron chi connectivity index (χ4n) is 4.69. The van der Waals surface area contributed by atoms with Gasteiger partial charge in [0.25, 0.3) is 11.8 Å². The molecule has 1 atom stereocenters. The number of anilines is 1. The van der Waals surface area contributed by atoms with Crippen molar-refractivity contribution in [2.24, 2.45) is 0 Å². The molecule has 0 radical (unpaired) electrons. The Hall–Kier alpha value is -4.00. The van der Waals surface area contributed by atoms with Gasteiger partial charge < -0.3 is 15.0 Å². The predicted molar refractivity (Wildman–Crippen MR) is 155 cm³/mol. The Morgan fingerprint density at radius 3 is 2.60 bits per heavy atom. The van der Waals surface area contributed by atoms with Crippen molar-refractivity contribution in [3.05, 3.63) is 103 Å². The van der Waals surface area contributed by atoms with Crippen LogP contribution in [0.1, 0.15) is 42.4 Å². The minimum absolute atomic E-state index is 0.00366. The van der Waals surface area contributed by atoms with E-state index >= 15 is 0 Å². The van der Waals surface area contributed by atoms with Crippen molar-refractivity contribution < 1.29 is 32.3 Å². The van der Waals surface area contributed by atoms with E-state index in [1.165, 1.54) is 17.0 Å². The number of methoxy groups -OCH3 is 1. The highest BCUT2D eigenvalue weighted by molar-refractivity contribution is 7.18. The third kappa shape index (κ3) is 6.66. The molecule has 0 aliphatic carbocycles. The molecule has 1 N–H and O–H groups in total. The van der Waals surface area contributed by atoms with Gasteiger partial charge >= 0.3 is 6.18 Å². The first kappa shape index (κ1) is 30.5. The Morgan fingerprint density at radius 1 is 1.14 bits per heavy atom. The number of benzene rings is 1. The summed E-state index contributed by atoms with van der Waals surface area (Å²) in [6.07, 6.45) is -2.27. The number of ketones is 1. The van der Waals surface area contributed by atoms with Gasteiger partial charge in [-0.05, 0) is 41.5 Å². The number of carbonyl (C=O) groups excluding carboxylic acids is 3. The Kier molecular flexibility index (Phi) is 8.72. The van der Waals surface area contributed by atoms with Crippen molar-refractivity contribution in [1.82, 2.24) is 14.9 Å². The number of alkyl halides is 3. The monoisotopic (exact) mass is 648 g/mol. The molecule has 3 aromatic heterocycles. The summed E-state index contributed by atoms with van der Waals surface area (Å²) in [5, 5.41) is 2.43. The third-order valence-electron chi connectivity index (χ3n) is 6.74. The highest BCUT2D eigenvalue weighted by Gasteiger charge is 2.37. The van der Waals surface area contributed by atoms with Crippen molar-refractivity contribution in [1.29, 1.82) is 0 Å². The second-order valence-electron chi connectivity index (χ2n) is 9.56. The van der Waals surface area contributed by atoms with E-state index in [4.69, 9.17) is 27.9 Å². The molecule has 0 saturated carbocycles. The molecular weight excluding hydrogens is 628 g/mol. The molecule has 5 rings (SSSR count). The van der Waals surface area contributed by atoms with Crippen LogP contribution < -0.4 is 10.1 Å². The smallest absolute Gasteiger partial charge is 0.421 e. The van der Waals surface area contributed by atoms with Crippen LogP contribution in [0.5, 0.6) is 5.75 Å². The molecule has 4 aromatic rings. The minimum atomic E-state index is -4.69. The van der Waals surface area contributed by atoms with Crippen LogP contribution in [0.15, 0.2) is 60.9 Å². The van der Waals surface area contributed by atoms with Crippen LogP contribution in [-0.4, -0.2) is 45.6 Å². The van der Waals surface area contributed by atoms with E-state index in [-0.39, 0.29) is 47.5 Å². The summed E-state index contributed by atoms with van der Waals surface area (Å²) in [6.45, 7) is -0.00366. The number of nitrogens with zero attached hydrogens (tertiary/aromatic N) is 3. The number of nitrogens with one attached hydrogen (secondary N) is 1. The maximum absolute atomic E-state index is 13.7. The second-order valence-corrected chi connectivity index (χ2v) is 11.6. The maximum Gasteiger partial charge on any atom is 0.421 e. The van der Waals surface area contributed by atoms with Gasteiger partial charge in [-0.15, -0.1) is 11.3 Å². The molecule has 1 unspecified atom stereocenters. The number of ether oxygens (including phenoxy) is 1. The van der Waals surface area contributed by atoms with Crippen LogP contribution in [0.3, 0.4) is 0 Å². The van der Waals surface area contributed by atoms with Gasteiger partial charge in [-0.25, -0.2) is 4.98 Å². The second kappa shape index (κ2) is 12.3. The van der Waals surface area contributed by atoms with E-state index in [0.29, 0.717) is 32.2 Å². The first-order chi connectivity index (χ1) is 20.4. The first-order valence-electron chi connectivity index (χ1n) is 12.7. The van der Waals surface area contributed by atoms with Gasteiger partial charge in [-0.2, -0.15) is 13.2 Å². The Balaban J connectivity index is 1.40. The molecule has 1 aliphatic rings. The van der Waals surface area contributed by atoms with E-state index in [0.717, 1.165) is 24.5 Å². The zero-order valence-electron chi connectivity index (χ0n) is 22.2. The molecule has 0 spiro atoms. The lowest BCUT2D eigenvalue weighted by atomic mass is 10.0. The fourth-order valence-corrected chi connectivity index (χ4v) is 6.21. The summed E-state index contributed by atoms with van der Waals surface area (Å²) in [6, 6.07) is 11.6. The SMILES string of the molecule is COc1cc(NC(=O)c2ccc(CN3C(=O)c4sc(Cl)cc4CC(=O)C3Cc3ccccn3)cc2Cl)ncc1C(F)(F)F. The number of fused-ring (bicyclic) bond motifs is 1. The molecule has 14 heteroatoms. The molecule has 4 heterocycles. The number of halogens is 5. The predicted octanol–water partition coefficient (Wildman–Crippen LogP) is 6.50. The normalized spacial score (nSPS) is 15.2. The van der Waals surface area contributed by atoms with Crippen LogP contribution in [0.25, 0.3) is 0 Å². The van der Waals surface area contributed by atoms with Gasteiger partial charge in [0, 0.05) is 43.5 Å². The van der Waals surface area contributed by atoms with Crippen LogP contribution >= 0.6 is 34.5 Å². The molecule has 0 fully saturated rings. The number of aromatic nitrogens is 2. The van der Waals surface area contributed by atoms with Crippen LogP contribution in [0.2, 0.25) is 9.36 Å². The topological polar surface area (TPSA) is 101 Å². The summed E-state index contributed by atoms with van der Waals surface area (Å²) < 4.78 is 44.7. The molecule has 1 aliphatic heterocycles. The molecular formula is C29H21Cl2F3N4O4S. The molecule has 2 amide bonds. The summed E-state index contributed by atoms with van der Waals surface area (Å²) >= 11 is 13.7. The maximum atomic E-state index is 13.7. The summed E-state index contributed by atoms with van der Waals surface area (Å²) in [5.74, 6) is -1.94. The van der Waals surface area contributed by atoms with Gasteiger partial charge in [0.05, 0.1) is 33.0 Å². The van der Waals surface area contributed by atoms with Gasteiger partial charge in [-0.1, -0.05) is 35.3 Å². The quantitative estimate of drug-likeness (QED) is 0.245. The van der Waals surface area contributed by atoms with Crippen molar-refractivity contribution in [2.45, 2.75) is 31.6 Å². The molecule has 8 nitrogen and oxygen atoms in total. The van der Waals surface area contributed by atoms with E-state index < -0.39 is 29.4 Å². The summed E-state index contributed by atoms with van der Waals surface area (Å²) in [7, 11) is 1.07. The lowest BCUT2D eigenvalue weighted by molar-refractivity contribution is -0.139. The zero-order valence-corrected chi connectivity index (χ0v) is 24.6. The van der Waals surface area contributed by atoms with Crippen LogP contribution in [-0.2, 0) is 30.4 Å². The number of hydrogen-bond acceptors (Lipinski definition) is 7. The number of carbonyl (C=O) groups is 3. The van der Waals surface area contributed by atoms with E-state index in [2.05, 4.69) is 15.3 Å². The summed E-state index contributed by atoms with van der Waals surface area (Å²) in [5.41, 5.74) is 0.670. The Bertz CT molecular complexity index is 1720. The lowest BCUT2D eigenvalue weighted by Crippen LogP contribution is -2.44. The van der Waals surface area contributed by atoms with Crippen molar-refractivity contribution >= 4 is 58.0 Å². The van der Waals surface area contributed by atoms with Gasteiger partial charge in [0.15, 0.2) is 5.78 Å². The highest BCUT2D eigenvalue weighted by atomic mass is 35.5. The average molecular weight is 649 g/mol. The molecule has 43 heavy (non-hydrogen) atoms. The fraction of sp³-hybridized carbons (Fsp3) is 0.207. The summed E-state index contributed by atoms with van der Waals surface area (Å²) in [4.78, 5) is 49.9. The Morgan fingerprint density at radius 2 is 1.93 bits per heavy atom. The van der Waals surface area contributed by atoms with Crippen LogP contribution in [0.4, 0.5) is 19.0 Å². The van der Waals surface area contributed by atoms with E-state index in [1.807, 2.05) is 0 Å². The minimum Gasteiger partial charge on any atom is -0.496 e. The van der Waals surface area contributed by atoms with Crippen molar-refractivity contribution in [3.8, 4) is 5.75 Å². The molecule has 0 bridgehead atoms. The number of Topliss-reactive ketones (excluding diaryl/α,β-unsaturated/α-hetero) is 1. The van der Waals surface area contributed by atoms with Crippen molar-refractivity contribution in [3.63, 3.8) is 0 Å². The zero-order chi connectivity index (χ0) is 30.9. The number of amides is 2. The number of thiophene rings is 1. The van der Waals surface area contributed by atoms with Gasteiger partial charge in [-0.3, -0.25) is 19.4 Å². The number of hydrogen-bond donors (Lipinski definition) is 1. The van der Waals surface area contributed by atoms with Crippen molar-refractivity contribution in [2.75, 3.05) is 12.4 Å².